The lowest BCUT2D eigenvalue weighted by Gasteiger charge is -2.13. The van der Waals surface area contributed by atoms with Crippen molar-refractivity contribution in [3.05, 3.63) is 36.7 Å². The molecule has 2 aromatic rings. The van der Waals surface area contributed by atoms with Gasteiger partial charge in [0.05, 0.1) is 0 Å². The van der Waals surface area contributed by atoms with Gasteiger partial charge in [-0.25, -0.2) is 9.97 Å². The second-order valence-electron chi connectivity index (χ2n) is 3.87. The summed E-state index contributed by atoms with van der Waals surface area (Å²) in [6.07, 6.45) is -3.54. The average Bonchev–Trinajstić information content (AvgIpc) is 2.40. The van der Waals surface area contributed by atoms with E-state index in [1.165, 1.54) is 30.6 Å². The van der Waals surface area contributed by atoms with Gasteiger partial charge >= 0.3 is 6.36 Å². The van der Waals surface area contributed by atoms with Crippen LogP contribution in [0.2, 0.25) is 0 Å². The van der Waals surface area contributed by atoms with E-state index < -0.39 is 12.1 Å². The number of anilines is 1. The summed E-state index contributed by atoms with van der Waals surface area (Å²) in [5.74, 6) is 0.0977. The summed E-state index contributed by atoms with van der Waals surface area (Å²) in [6.45, 7) is 2.53. The Morgan fingerprint density at radius 2 is 1.86 bits per heavy atom. The van der Waals surface area contributed by atoms with E-state index >= 15 is 0 Å². The minimum Gasteiger partial charge on any atom is -0.435 e. The summed E-state index contributed by atoms with van der Waals surface area (Å²) in [7, 11) is 0. The maximum atomic E-state index is 12.3. The van der Waals surface area contributed by atoms with Crippen LogP contribution in [0.25, 0.3) is 0 Å². The fourth-order valence-electron chi connectivity index (χ4n) is 1.53. The number of alkyl halides is 3. The van der Waals surface area contributed by atoms with E-state index in [9.17, 15) is 13.2 Å². The Kier molecular flexibility index (Phi) is 4.46. The summed E-state index contributed by atoms with van der Waals surface area (Å²) >= 11 is 0. The standard InChI is InChI=1S/C13H12F3N3O2/c1-2-17-11-7-12(19-8-18-11)20-9-5-3-4-6-10(9)21-13(14,15)16/h3-8H,2H2,1H3,(H,17,18,19). The van der Waals surface area contributed by atoms with Crippen LogP contribution >= 0.6 is 0 Å². The Hall–Kier alpha value is -2.51. The highest BCUT2D eigenvalue weighted by Crippen LogP contribution is 2.34. The van der Waals surface area contributed by atoms with Crippen molar-refractivity contribution in [2.24, 2.45) is 0 Å². The molecule has 21 heavy (non-hydrogen) atoms. The van der Waals surface area contributed by atoms with Crippen LogP contribution in [-0.4, -0.2) is 22.9 Å². The molecule has 0 bridgehead atoms. The molecule has 2 rings (SSSR count). The van der Waals surface area contributed by atoms with Crippen molar-refractivity contribution in [3.8, 4) is 17.4 Å². The Morgan fingerprint density at radius 3 is 2.52 bits per heavy atom. The monoisotopic (exact) mass is 299 g/mol. The number of hydrogen-bond acceptors (Lipinski definition) is 5. The summed E-state index contributed by atoms with van der Waals surface area (Å²) < 4.78 is 46.2. The molecule has 8 heteroatoms. The lowest BCUT2D eigenvalue weighted by Crippen LogP contribution is -2.17. The Morgan fingerprint density at radius 1 is 1.14 bits per heavy atom. The van der Waals surface area contributed by atoms with Crippen LogP contribution in [0, 0.1) is 0 Å². The normalized spacial score (nSPS) is 11.0. The zero-order valence-corrected chi connectivity index (χ0v) is 11.0. The predicted octanol–water partition coefficient (Wildman–Crippen LogP) is 3.60. The quantitative estimate of drug-likeness (QED) is 0.914. The van der Waals surface area contributed by atoms with E-state index in [-0.39, 0.29) is 11.6 Å². The van der Waals surface area contributed by atoms with Gasteiger partial charge in [-0.1, -0.05) is 12.1 Å². The highest BCUT2D eigenvalue weighted by Gasteiger charge is 2.32. The molecule has 0 spiro atoms. The molecule has 0 atom stereocenters. The van der Waals surface area contributed by atoms with Crippen LogP contribution < -0.4 is 14.8 Å². The van der Waals surface area contributed by atoms with E-state index in [2.05, 4.69) is 20.0 Å². The topological polar surface area (TPSA) is 56.3 Å². The number of benzene rings is 1. The van der Waals surface area contributed by atoms with Crippen molar-refractivity contribution in [2.45, 2.75) is 13.3 Å². The number of halogens is 3. The average molecular weight is 299 g/mol. The maximum Gasteiger partial charge on any atom is 0.573 e. The SMILES string of the molecule is CCNc1cc(Oc2ccccc2OC(F)(F)F)ncn1. The molecule has 0 saturated carbocycles. The summed E-state index contributed by atoms with van der Waals surface area (Å²) in [5.41, 5.74) is 0. The molecule has 0 aliphatic rings. The predicted molar refractivity (Wildman–Crippen MR) is 69.4 cm³/mol. The smallest absolute Gasteiger partial charge is 0.435 e. The second kappa shape index (κ2) is 6.29. The molecule has 0 fully saturated rings. The van der Waals surface area contributed by atoms with Gasteiger partial charge in [-0.05, 0) is 19.1 Å². The first-order valence-electron chi connectivity index (χ1n) is 6.06. The fourth-order valence-corrected chi connectivity index (χ4v) is 1.53. The zero-order chi connectivity index (χ0) is 15.3. The Balaban J connectivity index is 2.21. The van der Waals surface area contributed by atoms with Gasteiger partial charge < -0.3 is 14.8 Å². The molecule has 1 N–H and O–H groups in total. The van der Waals surface area contributed by atoms with Crippen molar-refractivity contribution < 1.29 is 22.6 Å². The first kappa shape index (κ1) is 14.9. The molecule has 1 aromatic carbocycles. The number of ether oxygens (including phenoxy) is 2. The highest BCUT2D eigenvalue weighted by molar-refractivity contribution is 5.44. The lowest BCUT2D eigenvalue weighted by molar-refractivity contribution is -0.275. The minimum absolute atomic E-state index is 0.0871. The van der Waals surface area contributed by atoms with Gasteiger partial charge in [0.15, 0.2) is 11.5 Å². The lowest BCUT2D eigenvalue weighted by atomic mass is 10.3. The van der Waals surface area contributed by atoms with Crippen LogP contribution in [0.3, 0.4) is 0 Å². The molecular formula is C13H12F3N3O2. The van der Waals surface area contributed by atoms with Crippen molar-refractivity contribution in [1.29, 1.82) is 0 Å². The number of para-hydroxylation sites is 2. The largest absolute Gasteiger partial charge is 0.573 e. The molecule has 1 heterocycles. The van der Waals surface area contributed by atoms with Gasteiger partial charge in [0.1, 0.15) is 12.1 Å². The summed E-state index contributed by atoms with van der Waals surface area (Å²) in [5, 5.41) is 2.94. The van der Waals surface area contributed by atoms with E-state index in [4.69, 9.17) is 4.74 Å². The number of rotatable bonds is 5. The molecule has 1 aromatic heterocycles. The second-order valence-corrected chi connectivity index (χ2v) is 3.87. The Labute approximate surface area is 118 Å². The number of hydrogen-bond donors (Lipinski definition) is 1. The van der Waals surface area contributed by atoms with Crippen LogP contribution in [-0.2, 0) is 0 Å². The molecule has 5 nitrogen and oxygen atoms in total. The molecule has 0 amide bonds. The van der Waals surface area contributed by atoms with Gasteiger partial charge in [0.25, 0.3) is 0 Å². The van der Waals surface area contributed by atoms with Gasteiger partial charge in [-0.3, -0.25) is 0 Å². The van der Waals surface area contributed by atoms with Crippen LogP contribution in [0.5, 0.6) is 17.4 Å². The maximum absolute atomic E-state index is 12.3. The van der Waals surface area contributed by atoms with E-state index in [1.807, 2.05) is 6.92 Å². The molecule has 0 saturated heterocycles. The third-order valence-electron chi connectivity index (χ3n) is 2.29. The van der Waals surface area contributed by atoms with Gasteiger partial charge in [-0.15, -0.1) is 13.2 Å². The number of nitrogens with zero attached hydrogens (tertiary/aromatic N) is 2. The minimum atomic E-state index is -4.79. The van der Waals surface area contributed by atoms with Gasteiger partial charge in [0, 0.05) is 12.6 Å². The van der Waals surface area contributed by atoms with E-state index in [0.717, 1.165) is 6.07 Å². The third kappa shape index (κ3) is 4.51. The third-order valence-corrected chi connectivity index (χ3v) is 2.29. The van der Waals surface area contributed by atoms with E-state index in [1.54, 1.807) is 0 Å². The van der Waals surface area contributed by atoms with Crippen molar-refractivity contribution in [1.82, 2.24) is 9.97 Å². The fraction of sp³-hybridized carbons (Fsp3) is 0.231. The molecular weight excluding hydrogens is 287 g/mol. The molecule has 0 radical (unpaired) electrons. The number of nitrogens with one attached hydrogen (secondary N) is 1. The van der Waals surface area contributed by atoms with Gasteiger partial charge in [-0.2, -0.15) is 0 Å². The van der Waals surface area contributed by atoms with Crippen molar-refractivity contribution in [3.63, 3.8) is 0 Å². The molecule has 0 aliphatic carbocycles. The van der Waals surface area contributed by atoms with E-state index in [0.29, 0.717) is 12.4 Å². The molecule has 112 valence electrons. The van der Waals surface area contributed by atoms with Crippen LogP contribution in [0.4, 0.5) is 19.0 Å². The highest BCUT2D eigenvalue weighted by atomic mass is 19.4. The number of aromatic nitrogens is 2. The van der Waals surface area contributed by atoms with Crippen LogP contribution in [0.15, 0.2) is 36.7 Å². The van der Waals surface area contributed by atoms with Gasteiger partial charge in [0.2, 0.25) is 5.88 Å². The van der Waals surface area contributed by atoms with Crippen molar-refractivity contribution in [2.75, 3.05) is 11.9 Å². The summed E-state index contributed by atoms with van der Waals surface area (Å²) in [4.78, 5) is 7.78. The zero-order valence-electron chi connectivity index (χ0n) is 11.0. The first-order chi connectivity index (χ1) is 9.98. The van der Waals surface area contributed by atoms with Crippen LogP contribution in [0.1, 0.15) is 6.92 Å². The Bertz CT molecular complexity index is 605. The molecule has 0 unspecified atom stereocenters. The first-order valence-corrected chi connectivity index (χ1v) is 6.06. The van der Waals surface area contributed by atoms with Crippen molar-refractivity contribution >= 4 is 5.82 Å². The summed E-state index contributed by atoms with van der Waals surface area (Å²) in [6, 6.07) is 6.95. The molecule has 0 aliphatic heterocycles.